The quantitative estimate of drug-likeness (QED) is 0.465. The van der Waals surface area contributed by atoms with E-state index in [0.717, 1.165) is 12.3 Å². The highest BCUT2D eigenvalue weighted by atomic mass is 19.1. The van der Waals surface area contributed by atoms with Gasteiger partial charge in [-0.2, -0.15) is 15.0 Å². The molecule has 11 nitrogen and oxygen atoms in total. The fourth-order valence-electron chi connectivity index (χ4n) is 3.91. The van der Waals surface area contributed by atoms with Gasteiger partial charge in [-0.3, -0.25) is 4.98 Å². The van der Waals surface area contributed by atoms with Crippen molar-refractivity contribution in [1.29, 1.82) is 0 Å². The van der Waals surface area contributed by atoms with Crippen molar-refractivity contribution in [2.45, 2.75) is 38.5 Å². The Hall–Kier alpha value is -3.45. The van der Waals surface area contributed by atoms with Crippen LogP contribution >= 0.6 is 0 Å². The highest BCUT2D eigenvalue weighted by molar-refractivity contribution is 5.52. The Morgan fingerprint density at radius 1 is 1.14 bits per heavy atom. The molecule has 3 aromatic heterocycles. The number of anilines is 4. The van der Waals surface area contributed by atoms with Crippen LogP contribution in [-0.2, 0) is 16.5 Å². The normalized spacial score (nSPS) is 19.0. The van der Waals surface area contributed by atoms with Crippen LogP contribution in [0.3, 0.4) is 0 Å². The molecule has 2 N–H and O–H groups in total. The predicted molar refractivity (Wildman–Crippen MR) is 126 cm³/mol. The van der Waals surface area contributed by atoms with Gasteiger partial charge in [0.1, 0.15) is 11.6 Å². The van der Waals surface area contributed by atoms with Crippen LogP contribution in [0.15, 0.2) is 24.8 Å². The number of hydrogen-bond donors (Lipinski definition) is 2. The molecule has 0 saturated carbocycles. The van der Waals surface area contributed by atoms with Crippen LogP contribution < -0.4 is 15.5 Å². The van der Waals surface area contributed by atoms with Gasteiger partial charge >= 0.3 is 0 Å². The Labute approximate surface area is 201 Å². The molecule has 13 heteroatoms. The largest absolute Gasteiger partial charge is 0.385 e. The molecule has 0 radical (unpaired) electrons. The molecule has 188 valence electrons. The van der Waals surface area contributed by atoms with E-state index in [1.165, 1.54) is 0 Å². The summed E-state index contributed by atoms with van der Waals surface area (Å²) < 4.78 is 40.8. The molecule has 0 aromatic carbocycles. The van der Waals surface area contributed by atoms with Gasteiger partial charge in [-0.25, -0.2) is 13.8 Å². The lowest BCUT2D eigenvalue weighted by atomic mass is 10.1. The Kier molecular flexibility index (Phi) is 7.66. The zero-order chi connectivity index (χ0) is 24.9. The number of imidazole rings is 1. The summed E-state index contributed by atoms with van der Waals surface area (Å²) in [5, 5.41) is 6.22. The summed E-state index contributed by atoms with van der Waals surface area (Å²) in [5.74, 6) is -0.0672. The molecule has 1 aliphatic rings. The van der Waals surface area contributed by atoms with Crippen molar-refractivity contribution in [3.05, 3.63) is 42.1 Å². The molecule has 0 spiro atoms. The molecular weight excluding hydrogens is 460 g/mol. The van der Waals surface area contributed by atoms with Crippen LogP contribution in [0.2, 0.25) is 0 Å². The zero-order valence-electron chi connectivity index (χ0n) is 20.1. The molecule has 3 aromatic rings. The standard InChI is InChI=1S/C22H29F2N9O2/c1-13-9-33(10-14(2)35-13)22-30-20(29-21(31-22)28-18-11-32(3)12-26-18)27-17(5-6-34-4)19-16(24)7-15(23)8-25-19/h7-8,11-14,17H,5-6,9-10H2,1-4H3,(H2,27,28,29,30,31)/t13-,14+,17-/m0/s1. The van der Waals surface area contributed by atoms with Gasteiger partial charge in [0.15, 0.2) is 5.82 Å². The molecule has 0 amide bonds. The fraction of sp³-hybridized carbons (Fsp3) is 0.500. The number of pyridine rings is 1. The number of morpholine rings is 1. The van der Waals surface area contributed by atoms with E-state index in [-0.39, 0.29) is 29.8 Å². The summed E-state index contributed by atoms with van der Waals surface area (Å²) in [6.45, 7) is 5.47. The number of nitrogens with one attached hydrogen (secondary N) is 2. The van der Waals surface area contributed by atoms with Gasteiger partial charge in [-0.05, 0) is 20.3 Å². The van der Waals surface area contributed by atoms with Crippen LogP contribution in [-0.4, -0.2) is 68.5 Å². The Morgan fingerprint density at radius 2 is 1.89 bits per heavy atom. The molecular formula is C22H29F2N9O2. The topological polar surface area (TPSA) is 115 Å². The first-order valence-electron chi connectivity index (χ1n) is 11.3. The number of ether oxygens (including phenoxy) is 2. The summed E-state index contributed by atoms with van der Waals surface area (Å²) >= 11 is 0. The van der Waals surface area contributed by atoms with Crippen LogP contribution in [0, 0.1) is 11.6 Å². The second kappa shape index (κ2) is 10.9. The lowest BCUT2D eigenvalue weighted by molar-refractivity contribution is -0.00572. The van der Waals surface area contributed by atoms with E-state index < -0.39 is 17.7 Å². The summed E-state index contributed by atoms with van der Waals surface area (Å²) in [7, 11) is 3.40. The molecule has 4 heterocycles. The fourth-order valence-corrected chi connectivity index (χ4v) is 3.91. The SMILES string of the molecule is COCC[C@H](Nc1nc(Nc2cn(C)cn2)nc(N2C[C@@H](C)O[C@@H](C)C2)n1)c1ncc(F)cc1F. The molecule has 3 atom stereocenters. The zero-order valence-corrected chi connectivity index (χ0v) is 20.1. The van der Waals surface area contributed by atoms with Crippen LogP contribution in [0.4, 0.5) is 32.4 Å². The number of hydrogen-bond acceptors (Lipinski definition) is 10. The summed E-state index contributed by atoms with van der Waals surface area (Å²) in [6, 6.07) is 0.128. The van der Waals surface area contributed by atoms with Crippen LogP contribution in [0.25, 0.3) is 0 Å². The van der Waals surface area contributed by atoms with Gasteiger partial charge in [0.05, 0.1) is 36.5 Å². The van der Waals surface area contributed by atoms with Crippen LogP contribution in [0.1, 0.15) is 32.0 Å². The van der Waals surface area contributed by atoms with Crippen molar-refractivity contribution in [1.82, 2.24) is 29.5 Å². The minimum Gasteiger partial charge on any atom is -0.385 e. The van der Waals surface area contributed by atoms with Gasteiger partial charge in [-0.15, -0.1) is 0 Å². The van der Waals surface area contributed by atoms with Gasteiger partial charge in [0, 0.05) is 46.1 Å². The van der Waals surface area contributed by atoms with E-state index in [1.807, 2.05) is 25.8 Å². The Balaban J connectivity index is 1.68. The van der Waals surface area contributed by atoms with Crippen molar-refractivity contribution in [2.24, 2.45) is 7.05 Å². The molecule has 0 unspecified atom stereocenters. The summed E-state index contributed by atoms with van der Waals surface area (Å²) in [4.78, 5) is 23.9. The number of nitrogens with zero attached hydrogens (tertiary/aromatic N) is 7. The van der Waals surface area contributed by atoms with E-state index in [1.54, 1.807) is 24.2 Å². The first kappa shape index (κ1) is 24.7. The first-order valence-corrected chi connectivity index (χ1v) is 11.3. The van der Waals surface area contributed by atoms with E-state index in [2.05, 4.69) is 35.6 Å². The minimum absolute atomic E-state index is 0.00825. The molecule has 1 saturated heterocycles. The maximum Gasteiger partial charge on any atom is 0.235 e. The highest BCUT2D eigenvalue weighted by Crippen LogP contribution is 2.25. The second-order valence-electron chi connectivity index (χ2n) is 8.49. The van der Waals surface area contributed by atoms with Gasteiger partial charge < -0.3 is 29.6 Å². The third kappa shape index (κ3) is 6.36. The van der Waals surface area contributed by atoms with E-state index in [4.69, 9.17) is 9.47 Å². The number of aryl methyl sites for hydroxylation is 1. The highest BCUT2D eigenvalue weighted by Gasteiger charge is 2.26. The Bertz CT molecular complexity index is 1140. The Morgan fingerprint density at radius 3 is 2.54 bits per heavy atom. The van der Waals surface area contributed by atoms with Crippen LogP contribution in [0.5, 0.6) is 0 Å². The molecule has 35 heavy (non-hydrogen) atoms. The molecule has 0 bridgehead atoms. The monoisotopic (exact) mass is 489 g/mol. The van der Waals surface area contributed by atoms with Crippen molar-refractivity contribution in [3.8, 4) is 0 Å². The van der Waals surface area contributed by atoms with Crippen molar-refractivity contribution in [3.63, 3.8) is 0 Å². The number of rotatable bonds is 9. The smallest absolute Gasteiger partial charge is 0.235 e. The number of aromatic nitrogens is 6. The van der Waals surface area contributed by atoms with E-state index >= 15 is 0 Å². The minimum atomic E-state index is -0.768. The van der Waals surface area contributed by atoms with Gasteiger partial charge in [0.25, 0.3) is 0 Å². The number of methoxy groups -OCH3 is 1. The predicted octanol–water partition coefficient (Wildman–Crippen LogP) is 2.83. The maximum absolute atomic E-state index is 14.6. The van der Waals surface area contributed by atoms with Gasteiger partial charge in [0.2, 0.25) is 17.8 Å². The average molecular weight is 490 g/mol. The lowest BCUT2D eigenvalue weighted by Gasteiger charge is -2.35. The first-order chi connectivity index (χ1) is 16.8. The molecule has 0 aliphatic carbocycles. The molecule has 4 rings (SSSR count). The average Bonchev–Trinajstić information content (AvgIpc) is 3.20. The second-order valence-corrected chi connectivity index (χ2v) is 8.49. The summed E-state index contributed by atoms with van der Waals surface area (Å²) in [5.41, 5.74) is 0.0401. The van der Waals surface area contributed by atoms with Crippen molar-refractivity contribution < 1.29 is 18.3 Å². The third-order valence-electron chi connectivity index (χ3n) is 5.35. The molecule has 1 fully saturated rings. The van der Waals surface area contributed by atoms with Crippen molar-refractivity contribution >= 4 is 23.7 Å². The number of halogens is 2. The summed E-state index contributed by atoms with van der Waals surface area (Å²) in [6.07, 6.45) is 4.75. The lowest BCUT2D eigenvalue weighted by Crippen LogP contribution is -2.46. The molecule has 1 aliphatic heterocycles. The maximum atomic E-state index is 14.6. The van der Waals surface area contributed by atoms with E-state index in [9.17, 15) is 8.78 Å². The van der Waals surface area contributed by atoms with Gasteiger partial charge in [-0.1, -0.05) is 0 Å². The van der Waals surface area contributed by atoms with E-state index in [0.29, 0.717) is 37.9 Å². The third-order valence-corrected chi connectivity index (χ3v) is 5.35. The van der Waals surface area contributed by atoms with Crippen molar-refractivity contribution in [2.75, 3.05) is 42.3 Å².